The molecule has 1 aliphatic rings. The largest absolute Gasteiger partial charge is 0.385 e. The Balaban J connectivity index is 1.60. The van der Waals surface area contributed by atoms with Gasteiger partial charge in [-0.1, -0.05) is 18.2 Å². The van der Waals surface area contributed by atoms with Crippen LogP contribution < -0.4 is 5.32 Å². The Morgan fingerprint density at radius 2 is 1.89 bits per heavy atom. The molecule has 1 aliphatic heterocycles. The monoisotopic (exact) mass is 261 g/mol. The number of rotatable bonds is 6. The molecule has 0 unspecified atom stereocenters. The average Bonchev–Trinajstić information content (AvgIpc) is 2.45. The van der Waals surface area contributed by atoms with E-state index < -0.39 is 0 Å². The molecule has 3 heteroatoms. The Kier molecular flexibility index (Phi) is 5.67. The number of anilines is 1. The highest BCUT2D eigenvalue weighted by Gasteiger charge is 2.19. The van der Waals surface area contributed by atoms with Crippen molar-refractivity contribution in [2.24, 2.45) is 0 Å². The van der Waals surface area contributed by atoms with Crippen LogP contribution in [0.2, 0.25) is 0 Å². The molecule has 1 fully saturated rings. The second-order valence-corrected chi connectivity index (χ2v) is 5.66. The number of hydrogen-bond donors (Lipinski definition) is 1. The van der Waals surface area contributed by atoms with E-state index in [2.05, 4.69) is 59.5 Å². The topological polar surface area (TPSA) is 18.5 Å². The number of piperidine rings is 1. The fourth-order valence-electron chi connectivity index (χ4n) is 2.74. The lowest BCUT2D eigenvalue weighted by atomic mass is 10.0. The van der Waals surface area contributed by atoms with E-state index >= 15 is 0 Å². The molecular formula is C16H27N3. The zero-order chi connectivity index (χ0) is 13.5. The van der Waals surface area contributed by atoms with Gasteiger partial charge in [-0.25, -0.2) is 0 Å². The molecule has 1 aromatic rings. The molecule has 106 valence electrons. The first-order valence-electron chi connectivity index (χ1n) is 7.43. The molecule has 1 N–H and O–H groups in total. The zero-order valence-corrected chi connectivity index (χ0v) is 12.3. The van der Waals surface area contributed by atoms with Crippen LogP contribution in [0, 0.1) is 0 Å². The molecular weight excluding hydrogens is 234 g/mol. The quantitative estimate of drug-likeness (QED) is 0.794. The van der Waals surface area contributed by atoms with E-state index in [0.717, 1.165) is 12.6 Å². The summed E-state index contributed by atoms with van der Waals surface area (Å²) in [5.41, 5.74) is 1.23. The minimum atomic E-state index is 0.785. The highest BCUT2D eigenvalue weighted by Crippen LogP contribution is 2.14. The molecule has 0 spiro atoms. The summed E-state index contributed by atoms with van der Waals surface area (Å²) in [6.45, 7) is 4.74. The summed E-state index contributed by atoms with van der Waals surface area (Å²) in [4.78, 5) is 4.97. The summed E-state index contributed by atoms with van der Waals surface area (Å²) in [6.07, 6.45) is 3.84. The maximum Gasteiger partial charge on any atom is 0.0340 e. The van der Waals surface area contributed by atoms with E-state index in [9.17, 15) is 0 Å². The number of hydrogen-bond acceptors (Lipinski definition) is 3. The Bertz CT molecular complexity index is 344. The Morgan fingerprint density at radius 3 is 2.58 bits per heavy atom. The fraction of sp³-hybridized carbons (Fsp3) is 0.625. The van der Waals surface area contributed by atoms with Crippen molar-refractivity contribution < 1.29 is 0 Å². The van der Waals surface area contributed by atoms with Gasteiger partial charge in [-0.2, -0.15) is 0 Å². The first kappa shape index (κ1) is 14.4. The third-order valence-corrected chi connectivity index (χ3v) is 4.10. The molecule has 0 aromatic heterocycles. The van der Waals surface area contributed by atoms with Crippen molar-refractivity contribution in [1.29, 1.82) is 0 Å². The van der Waals surface area contributed by atoms with Crippen molar-refractivity contribution in [3.63, 3.8) is 0 Å². The van der Waals surface area contributed by atoms with Gasteiger partial charge >= 0.3 is 0 Å². The van der Waals surface area contributed by atoms with Crippen LogP contribution in [0.25, 0.3) is 0 Å². The van der Waals surface area contributed by atoms with E-state index in [1.807, 2.05) is 0 Å². The van der Waals surface area contributed by atoms with Crippen molar-refractivity contribution in [2.45, 2.75) is 25.3 Å². The minimum Gasteiger partial charge on any atom is -0.385 e. The lowest BCUT2D eigenvalue weighted by molar-refractivity contribution is 0.144. The molecule has 0 bridgehead atoms. The Morgan fingerprint density at radius 1 is 1.21 bits per heavy atom. The number of likely N-dealkylation sites (tertiary alicyclic amines) is 1. The van der Waals surface area contributed by atoms with Gasteiger partial charge in [-0.3, -0.25) is 0 Å². The molecule has 2 rings (SSSR count). The van der Waals surface area contributed by atoms with Crippen LogP contribution in [0.5, 0.6) is 0 Å². The zero-order valence-electron chi connectivity index (χ0n) is 12.3. The third kappa shape index (κ3) is 4.84. The smallest absolute Gasteiger partial charge is 0.0340 e. The van der Waals surface area contributed by atoms with E-state index in [1.165, 1.54) is 44.6 Å². The normalized spacial score (nSPS) is 17.8. The molecule has 3 nitrogen and oxygen atoms in total. The van der Waals surface area contributed by atoms with Crippen molar-refractivity contribution in [3.05, 3.63) is 30.3 Å². The minimum absolute atomic E-state index is 0.785. The Labute approximate surface area is 117 Å². The van der Waals surface area contributed by atoms with Crippen molar-refractivity contribution in [2.75, 3.05) is 45.6 Å². The van der Waals surface area contributed by atoms with Gasteiger partial charge in [0.05, 0.1) is 0 Å². The number of nitrogens with one attached hydrogen (secondary N) is 1. The first-order valence-corrected chi connectivity index (χ1v) is 7.43. The summed E-state index contributed by atoms with van der Waals surface area (Å²) < 4.78 is 0. The fourth-order valence-corrected chi connectivity index (χ4v) is 2.74. The van der Waals surface area contributed by atoms with Crippen molar-refractivity contribution in [1.82, 2.24) is 9.80 Å². The highest BCUT2D eigenvalue weighted by molar-refractivity contribution is 5.42. The van der Waals surface area contributed by atoms with Gasteiger partial charge in [0.15, 0.2) is 0 Å². The predicted octanol–water partition coefficient (Wildman–Crippen LogP) is 2.51. The summed E-state index contributed by atoms with van der Waals surface area (Å²) in [7, 11) is 4.50. The van der Waals surface area contributed by atoms with Gasteiger partial charge in [0.25, 0.3) is 0 Å². The van der Waals surface area contributed by atoms with Gasteiger partial charge < -0.3 is 15.1 Å². The van der Waals surface area contributed by atoms with Gasteiger partial charge in [0, 0.05) is 18.3 Å². The molecule has 0 amide bonds. The third-order valence-electron chi connectivity index (χ3n) is 4.10. The molecule has 0 radical (unpaired) electrons. The van der Waals surface area contributed by atoms with E-state index in [-0.39, 0.29) is 0 Å². The van der Waals surface area contributed by atoms with Gasteiger partial charge in [-0.15, -0.1) is 0 Å². The lowest BCUT2D eigenvalue weighted by Gasteiger charge is -2.35. The van der Waals surface area contributed by atoms with Crippen molar-refractivity contribution >= 4 is 5.69 Å². The molecule has 0 aliphatic carbocycles. The summed E-state index contributed by atoms with van der Waals surface area (Å²) in [5, 5.41) is 3.48. The van der Waals surface area contributed by atoms with Crippen LogP contribution in [0.15, 0.2) is 30.3 Å². The van der Waals surface area contributed by atoms with E-state index in [0.29, 0.717) is 0 Å². The second kappa shape index (κ2) is 7.51. The number of para-hydroxylation sites is 1. The number of nitrogens with zero attached hydrogens (tertiary/aromatic N) is 2. The van der Waals surface area contributed by atoms with Crippen LogP contribution in [-0.4, -0.2) is 56.1 Å². The standard InChI is InChI=1S/C16H27N3/c1-18-13-9-16(10-14-18)19(2)12-6-11-17-15-7-4-3-5-8-15/h3-5,7-8,16-17H,6,9-14H2,1-2H3. The van der Waals surface area contributed by atoms with E-state index in [4.69, 9.17) is 0 Å². The summed E-state index contributed by atoms with van der Waals surface area (Å²) in [5.74, 6) is 0. The van der Waals surface area contributed by atoms with Gasteiger partial charge in [0.1, 0.15) is 0 Å². The average molecular weight is 261 g/mol. The molecule has 1 heterocycles. The van der Waals surface area contributed by atoms with Crippen molar-refractivity contribution in [3.8, 4) is 0 Å². The SMILES string of the molecule is CN1CCC(N(C)CCCNc2ccccc2)CC1. The molecule has 1 aromatic carbocycles. The predicted molar refractivity (Wildman–Crippen MR) is 82.7 cm³/mol. The maximum atomic E-state index is 3.48. The Hall–Kier alpha value is -1.06. The second-order valence-electron chi connectivity index (χ2n) is 5.66. The van der Waals surface area contributed by atoms with Crippen LogP contribution in [0.4, 0.5) is 5.69 Å². The van der Waals surface area contributed by atoms with Crippen LogP contribution in [-0.2, 0) is 0 Å². The first-order chi connectivity index (χ1) is 9.25. The van der Waals surface area contributed by atoms with Crippen LogP contribution in [0.1, 0.15) is 19.3 Å². The number of benzene rings is 1. The molecule has 0 atom stereocenters. The maximum absolute atomic E-state index is 3.48. The molecule has 19 heavy (non-hydrogen) atoms. The molecule has 0 saturated carbocycles. The van der Waals surface area contributed by atoms with E-state index in [1.54, 1.807) is 0 Å². The summed E-state index contributed by atoms with van der Waals surface area (Å²) >= 11 is 0. The lowest BCUT2D eigenvalue weighted by Crippen LogP contribution is -2.42. The van der Waals surface area contributed by atoms with Crippen LogP contribution >= 0.6 is 0 Å². The summed E-state index contributed by atoms with van der Waals surface area (Å²) in [6, 6.07) is 11.2. The van der Waals surface area contributed by atoms with Crippen LogP contribution in [0.3, 0.4) is 0 Å². The van der Waals surface area contributed by atoms with Gasteiger partial charge in [0.2, 0.25) is 0 Å². The molecule has 1 saturated heterocycles. The highest BCUT2D eigenvalue weighted by atomic mass is 15.2. The van der Waals surface area contributed by atoms with Gasteiger partial charge in [-0.05, 0) is 65.1 Å².